The third-order valence-corrected chi connectivity index (χ3v) is 4.27. The fourth-order valence-corrected chi connectivity index (χ4v) is 2.88. The first kappa shape index (κ1) is 16.8. The Morgan fingerprint density at radius 2 is 2.12 bits per heavy atom. The molecule has 0 atom stereocenters. The molecule has 0 spiro atoms. The van der Waals surface area contributed by atoms with E-state index in [-0.39, 0.29) is 11.6 Å². The summed E-state index contributed by atoms with van der Waals surface area (Å²) < 4.78 is 13.9. The number of hydrogen-bond acceptors (Lipinski definition) is 6. The highest BCUT2D eigenvalue weighted by atomic mass is 32.1. The van der Waals surface area contributed by atoms with Crippen molar-refractivity contribution < 1.29 is 9.18 Å². The van der Waals surface area contributed by atoms with Crippen molar-refractivity contribution in [1.82, 2.24) is 15.3 Å². The zero-order chi connectivity index (χ0) is 17.6. The van der Waals surface area contributed by atoms with Crippen molar-refractivity contribution in [2.24, 2.45) is 0 Å². The van der Waals surface area contributed by atoms with Crippen molar-refractivity contribution in [3.05, 3.63) is 65.0 Å². The van der Waals surface area contributed by atoms with Gasteiger partial charge in [0.05, 0.1) is 12.2 Å². The summed E-state index contributed by atoms with van der Waals surface area (Å²) in [7, 11) is 1.53. The monoisotopic (exact) mass is 357 g/mol. The van der Waals surface area contributed by atoms with E-state index in [1.807, 2.05) is 18.2 Å². The van der Waals surface area contributed by atoms with Gasteiger partial charge < -0.3 is 16.0 Å². The molecule has 25 heavy (non-hydrogen) atoms. The Hall–Kier alpha value is -3.00. The first-order valence-electron chi connectivity index (χ1n) is 7.54. The number of pyridine rings is 1. The van der Waals surface area contributed by atoms with E-state index in [0.29, 0.717) is 23.1 Å². The Balaban J connectivity index is 1.65. The Kier molecular flexibility index (Phi) is 5.20. The second kappa shape index (κ2) is 7.71. The van der Waals surface area contributed by atoms with Gasteiger partial charge in [-0.2, -0.15) is 0 Å². The summed E-state index contributed by atoms with van der Waals surface area (Å²) in [6.45, 7) is 0.398. The maximum Gasteiger partial charge on any atom is 0.251 e. The third kappa shape index (κ3) is 4.30. The number of rotatable bonds is 6. The predicted octanol–water partition coefficient (Wildman–Crippen LogP) is 3.39. The van der Waals surface area contributed by atoms with Crippen molar-refractivity contribution in [3.8, 4) is 0 Å². The van der Waals surface area contributed by atoms with Crippen molar-refractivity contribution in [2.75, 3.05) is 17.7 Å². The fraction of sp³-hybridized carbons (Fsp3) is 0.118. The van der Waals surface area contributed by atoms with Crippen LogP contribution in [0.15, 0.2) is 48.8 Å². The number of halogens is 1. The lowest BCUT2D eigenvalue weighted by molar-refractivity contribution is 0.0963. The van der Waals surface area contributed by atoms with Crippen LogP contribution in [0.25, 0.3) is 0 Å². The molecule has 0 fully saturated rings. The molecule has 6 nitrogen and oxygen atoms in total. The molecule has 0 aliphatic rings. The van der Waals surface area contributed by atoms with Gasteiger partial charge in [-0.3, -0.25) is 4.79 Å². The molecule has 1 aromatic carbocycles. The summed E-state index contributed by atoms with van der Waals surface area (Å²) in [5.41, 5.74) is 0.668. The molecule has 0 radical (unpaired) electrons. The van der Waals surface area contributed by atoms with Gasteiger partial charge in [0.2, 0.25) is 0 Å². The average molecular weight is 357 g/mol. The zero-order valence-corrected chi connectivity index (χ0v) is 14.2. The summed E-state index contributed by atoms with van der Waals surface area (Å²) in [6.07, 6.45) is 3.41. The second-order valence-electron chi connectivity index (χ2n) is 5.10. The van der Waals surface area contributed by atoms with E-state index in [9.17, 15) is 9.18 Å². The maximum atomic E-state index is 13.9. The highest BCUT2D eigenvalue weighted by molar-refractivity contribution is 7.15. The van der Waals surface area contributed by atoms with Gasteiger partial charge in [-0.05, 0) is 30.3 Å². The zero-order valence-electron chi connectivity index (χ0n) is 13.4. The van der Waals surface area contributed by atoms with Crippen molar-refractivity contribution >= 4 is 33.9 Å². The molecule has 3 rings (SSSR count). The van der Waals surface area contributed by atoms with E-state index in [4.69, 9.17) is 0 Å². The van der Waals surface area contributed by atoms with Crippen LogP contribution in [0.2, 0.25) is 0 Å². The van der Waals surface area contributed by atoms with Gasteiger partial charge in [-0.25, -0.2) is 14.4 Å². The van der Waals surface area contributed by atoms with Gasteiger partial charge in [-0.15, -0.1) is 0 Å². The lowest BCUT2D eigenvalue weighted by Crippen LogP contribution is -2.18. The predicted molar refractivity (Wildman–Crippen MR) is 96.8 cm³/mol. The number of hydrogen-bond donors (Lipinski definition) is 3. The molecule has 0 unspecified atom stereocenters. The van der Waals surface area contributed by atoms with Crippen LogP contribution in [-0.2, 0) is 6.54 Å². The van der Waals surface area contributed by atoms with E-state index < -0.39 is 5.82 Å². The van der Waals surface area contributed by atoms with Gasteiger partial charge in [0.1, 0.15) is 11.6 Å². The Morgan fingerprint density at radius 1 is 1.24 bits per heavy atom. The molecule has 0 saturated carbocycles. The van der Waals surface area contributed by atoms with Crippen LogP contribution < -0.4 is 16.0 Å². The van der Waals surface area contributed by atoms with Crippen LogP contribution in [-0.4, -0.2) is 22.9 Å². The normalized spacial score (nSPS) is 10.3. The molecular formula is C17H16FN5OS. The summed E-state index contributed by atoms with van der Waals surface area (Å²) in [5, 5.41) is 9.33. The smallest absolute Gasteiger partial charge is 0.251 e. The number of carbonyl (C=O) groups is 1. The van der Waals surface area contributed by atoms with Crippen LogP contribution >= 0.6 is 11.3 Å². The molecule has 0 aliphatic heterocycles. The fourth-order valence-electron chi connectivity index (χ4n) is 2.12. The van der Waals surface area contributed by atoms with Gasteiger partial charge in [-0.1, -0.05) is 17.4 Å². The van der Waals surface area contributed by atoms with Crippen LogP contribution in [0.3, 0.4) is 0 Å². The molecule has 0 saturated heterocycles. The number of carbonyl (C=O) groups excluding carboxylic acids is 1. The van der Waals surface area contributed by atoms with Crippen LogP contribution in [0, 0.1) is 5.82 Å². The largest absolute Gasteiger partial charge is 0.378 e. The quantitative estimate of drug-likeness (QED) is 0.630. The van der Waals surface area contributed by atoms with Crippen LogP contribution in [0.4, 0.5) is 21.0 Å². The molecule has 3 aromatic rings. The summed E-state index contributed by atoms with van der Waals surface area (Å²) in [6, 6.07) is 9.77. The highest BCUT2D eigenvalue weighted by Gasteiger charge is 2.09. The lowest BCUT2D eigenvalue weighted by Gasteiger charge is -2.08. The first-order valence-corrected chi connectivity index (χ1v) is 8.35. The maximum absolute atomic E-state index is 13.9. The van der Waals surface area contributed by atoms with Crippen LogP contribution in [0.1, 0.15) is 15.2 Å². The minimum Gasteiger partial charge on any atom is -0.378 e. The number of aromatic nitrogens is 2. The minimum absolute atomic E-state index is 0.261. The number of benzene rings is 1. The van der Waals surface area contributed by atoms with Crippen molar-refractivity contribution in [3.63, 3.8) is 0 Å². The van der Waals surface area contributed by atoms with Gasteiger partial charge >= 0.3 is 0 Å². The second-order valence-corrected chi connectivity index (χ2v) is 6.21. The molecule has 2 heterocycles. The molecule has 8 heteroatoms. The minimum atomic E-state index is -0.413. The summed E-state index contributed by atoms with van der Waals surface area (Å²) in [5.74, 6) is 0.0346. The highest BCUT2D eigenvalue weighted by Crippen LogP contribution is 2.23. The van der Waals surface area contributed by atoms with E-state index in [1.165, 1.54) is 36.6 Å². The number of nitrogens with zero attached hydrogens (tertiary/aromatic N) is 2. The lowest BCUT2D eigenvalue weighted by atomic mass is 10.2. The van der Waals surface area contributed by atoms with Gasteiger partial charge in [0.25, 0.3) is 5.91 Å². The van der Waals surface area contributed by atoms with E-state index in [2.05, 4.69) is 25.9 Å². The third-order valence-electron chi connectivity index (χ3n) is 3.36. The van der Waals surface area contributed by atoms with Crippen LogP contribution in [0.5, 0.6) is 0 Å². The number of anilines is 3. The Bertz CT molecular complexity index is 868. The topological polar surface area (TPSA) is 78.9 Å². The Labute approximate surface area is 148 Å². The molecule has 0 bridgehead atoms. The molecule has 128 valence electrons. The Morgan fingerprint density at radius 3 is 2.88 bits per heavy atom. The number of amides is 1. The standard InChI is InChI=1S/C17H16FN5OS/c1-19-16(24)11-5-6-13(18)14(8-11)21-9-12-10-22-17(25-12)23-15-4-2-3-7-20-15/h2-8,10,21H,9H2,1H3,(H,19,24)(H,20,22,23). The molecule has 2 aromatic heterocycles. The van der Waals surface area contributed by atoms with E-state index >= 15 is 0 Å². The first-order chi connectivity index (χ1) is 12.2. The molecule has 3 N–H and O–H groups in total. The number of nitrogens with one attached hydrogen (secondary N) is 3. The van der Waals surface area contributed by atoms with Gasteiger partial charge in [0.15, 0.2) is 5.13 Å². The van der Waals surface area contributed by atoms with Crippen molar-refractivity contribution in [2.45, 2.75) is 6.54 Å². The van der Waals surface area contributed by atoms with Gasteiger partial charge in [0, 0.05) is 29.9 Å². The summed E-state index contributed by atoms with van der Waals surface area (Å²) in [4.78, 5) is 21.0. The average Bonchev–Trinajstić information content (AvgIpc) is 3.08. The number of thiazole rings is 1. The van der Waals surface area contributed by atoms with E-state index in [1.54, 1.807) is 12.4 Å². The SMILES string of the molecule is CNC(=O)c1ccc(F)c(NCc2cnc(Nc3ccccn3)s2)c1. The summed E-state index contributed by atoms with van der Waals surface area (Å²) >= 11 is 1.44. The molecule has 0 aliphatic carbocycles. The molecule has 1 amide bonds. The van der Waals surface area contributed by atoms with Crippen molar-refractivity contribution in [1.29, 1.82) is 0 Å². The molecular weight excluding hydrogens is 341 g/mol. The van der Waals surface area contributed by atoms with E-state index in [0.717, 1.165) is 4.88 Å².